The van der Waals surface area contributed by atoms with E-state index in [9.17, 15) is 5.11 Å². The van der Waals surface area contributed by atoms with Crippen LogP contribution in [-0.2, 0) is 6.42 Å². The van der Waals surface area contributed by atoms with Gasteiger partial charge in [0.25, 0.3) is 0 Å². The molecule has 132 valence electrons. The maximum absolute atomic E-state index is 9.59. The van der Waals surface area contributed by atoms with Crippen LogP contribution in [-0.4, -0.2) is 37.8 Å². The molecule has 2 aromatic rings. The first-order valence-corrected chi connectivity index (χ1v) is 9.47. The van der Waals surface area contributed by atoms with Gasteiger partial charge in [-0.05, 0) is 46.7 Å². The summed E-state index contributed by atoms with van der Waals surface area (Å²) in [7, 11) is 1.76. The number of thiophene rings is 1. The molecule has 7 heteroatoms. The van der Waals surface area contributed by atoms with Gasteiger partial charge in [-0.15, -0.1) is 35.3 Å². The van der Waals surface area contributed by atoms with Gasteiger partial charge < -0.3 is 15.7 Å². The number of nitrogens with zero attached hydrogens (tertiary/aromatic N) is 1. The summed E-state index contributed by atoms with van der Waals surface area (Å²) in [5.74, 6) is 0.833. The van der Waals surface area contributed by atoms with E-state index in [4.69, 9.17) is 0 Å². The molecule has 1 unspecified atom stereocenters. The van der Waals surface area contributed by atoms with Gasteiger partial charge in [0.2, 0.25) is 0 Å². The summed E-state index contributed by atoms with van der Waals surface area (Å²) in [4.78, 5) is 5.61. The number of aliphatic imine (C=N–C) groups is 1. The fourth-order valence-corrected chi connectivity index (χ4v) is 4.00. The number of nitrogens with one attached hydrogen (secondary N) is 2. The Bertz CT molecular complexity index is 619. The number of rotatable bonds is 7. The molecule has 0 bridgehead atoms. The molecule has 2 rings (SSSR count). The van der Waals surface area contributed by atoms with E-state index in [0.717, 1.165) is 24.5 Å². The summed E-state index contributed by atoms with van der Waals surface area (Å²) in [6, 6.07) is 14.4. The van der Waals surface area contributed by atoms with Crippen molar-refractivity contribution in [3.63, 3.8) is 0 Å². The van der Waals surface area contributed by atoms with E-state index < -0.39 is 0 Å². The predicted molar refractivity (Wildman–Crippen MR) is 122 cm³/mol. The second-order valence-corrected chi connectivity index (χ2v) is 8.19. The van der Waals surface area contributed by atoms with Gasteiger partial charge in [-0.25, -0.2) is 0 Å². The Balaban J connectivity index is 0.00000288. The first kappa shape index (κ1) is 21.7. The Hall–Kier alpha value is -0.390. The lowest BCUT2D eigenvalue weighted by Gasteiger charge is -2.18. The zero-order valence-electron chi connectivity index (χ0n) is 13.5. The first-order valence-electron chi connectivity index (χ1n) is 7.57. The molecule has 0 aliphatic carbocycles. The third kappa shape index (κ3) is 7.24. The van der Waals surface area contributed by atoms with Crippen LogP contribution in [0.5, 0.6) is 0 Å². The van der Waals surface area contributed by atoms with E-state index in [1.807, 2.05) is 41.7 Å². The highest BCUT2D eigenvalue weighted by molar-refractivity contribution is 14.1. The Labute approximate surface area is 178 Å². The summed E-state index contributed by atoms with van der Waals surface area (Å²) in [5.41, 5.74) is 1.13. The van der Waals surface area contributed by atoms with Gasteiger partial charge >= 0.3 is 0 Å². The number of hydrogen-bond acceptors (Lipinski definition) is 3. The minimum absolute atomic E-state index is 0. The maximum Gasteiger partial charge on any atom is 0.191 e. The number of guanidine groups is 1. The minimum Gasteiger partial charge on any atom is -0.396 e. The molecular weight excluding hydrogens is 548 g/mol. The van der Waals surface area contributed by atoms with Crippen LogP contribution in [0.3, 0.4) is 0 Å². The lowest BCUT2D eigenvalue weighted by atomic mass is 10.0. The average Bonchev–Trinajstić information content (AvgIpc) is 3.00. The van der Waals surface area contributed by atoms with Gasteiger partial charge in [0.05, 0.1) is 9.49 Å². The van der Waals surface area contributed by atoms with Crippen LogP contribution in [0.1, 0.15) is 16.4 Å². The zero-order chi connectivity index (χ0) is 16.5. The van der Waals surface area contributed by atoms with Gasteiger partial charge in [0.15, 0.2) is 5.96 Å². The van der Waals surface area contributed by atoms with Crippen molar-refractivity contribution in [1.82, 2.24) is 10.6 Å². The summed E-state index contributed by atoms with van der Waals surface area (Å²) >= 11 is 4.16. The number of benzene rings is 1. The standard InChI is InChI=1S/C17H22IN3OS.HI/c1-19-17(20-10-9-15-7-8-16(18)23-15)21-11-14(12-22)13-5-3-2-4-6-13;/h2-8,14,22H,9-12H2,1H3,(H2,19,20,21);1H. The summed E-state index contributed by atoms with van der Waals surface area (Å²) < 4.78 is 1.31. The van der Waals surface area contributed by atoms with Crippen molar-refractivity contribution in [3.8, 4) is 0 Å². The molecule has 0 aliphatic rings. The predicted octanol–water partition coefficient (Wildman–Crippen LogP) is 3.45. The van der Waals surface area contributed by atoms with Crippen LogP contribution >= 0.6 is 57.9 Å². The molecule has 1 aromatic heterocycles. The van der Waals surface area contributed by atoms with E-state index in [-0.39, 0.29) is 36.5 Å². The van der Waals surface area contributed by atoms with Crippen LogP contribution in [0, 0.1) is 2.88 Å². The summed E-state index contributed by atoms with van der Waals surface area (Å²) in [6.07, 6.45) is 0.983. The van der Waals surface area contributed by atoms with Crippen LogP contribution < -0.4 is 10.6 Å². The lowest BCUT2D eigenvalue weighted by Crippen LogP contribution is -2.40. The molecule has 1 aromatic carbocycles. The molecule has 3 N–H and O–H groups in total. The normalized spacial score (nSPS) is 12.4. The van der Waals surface area contributed by atoms with Crippen LogP contribution in [0.25, 0.3) is 0 Å². The van der Waals surface area contributed by atoms with Crippen molar-refractivity contribution in [1.29, 1.82) is 0 Å². The highest BCUT2D eigenvalue weighted by Gasteiger charge is 2.10. The van der Waals surface area contributed by atoms with E-state index >= 15 is 0 Å². The SMILES string of the molecule is CN=C(NCCc1ccc(I)s1)NCC(CO)c1ccccc1.I. The van der Waals surface area contributed by atoms with Crippen LogP contribution in [0.2, 0.25) is 0 Å². The molecule has 0 amide bonds. The second-order valence-electron chi connectivity index (χ2n) is 5.13. The zero-order valence-corrected chi connectivity index (χ0v) is 18.8. The van der Waals surface area contributed by atoms with Crippen LogP contribution in [0.15, 0.2) is 47.5 Å². The number of aliphatic hydroxyl groups excluding tert-OH is 1. The Morgan fingerprint density at radius 1 is 1.21 bits per heavy atom. The third-order valence-electron chi connectivity index (χ3n) is 3.52. The fraction of sp³-hybridized carbons (Fsp3) is 0.353. The number of halogens is 2. The summed E-state index contributed by atoms with van der Waals surface area (Å²) in [6.45, 7) is 1.60. The number of hydrogen-bond donors (Lipinski definition) is 3. The van der Waals surface area contributed by atoms with E-state index in [2.05, 4.69) is 50.3 Å². The minimum atomic E-state index is 0. The molecule has 0 saturated heterocycles. The molecule has 0 radical (unpaired) electrons. The Morgan fingerprint density at radius 2 is 1.96 bits per heavy atom. The van der Waals surface area contributed by atoms with Crippen molar-refractivity contribution in [2.24, 2.45) is 4.99 Å². The lowest BCUT2D eigenvalue weighted by molar-refractivity contribution is 0.265. The van der Waals surface area contributed by atoms with E-state index in [1.165, 1.54) is 7.76 Å². The summed E-state index contributed by atoms with van der Waals surface area (Å²) in [5, 5.41) is 16.2. The molecule has 0 saturated carbocycles. The molecule has 0 aliphatic heterocycles. The monoisotopic (exact) mass is 571 g/mol. The second kappa shape index (κ2) is 12.0. The first-order chi connectivity index (χ1) is 11.2. The van der Waals surface area contributed by atoms with E-state index in [1.54, 1.807) is 7.05 Å². The van der Waals surface area contributed by atoms with Crippen molar-refractivity contribution in [3.05, 3.63) is 55.8 Å². The van der Waals surface area contributed by atoms with E-state index in [0.29, 0.717) is 6.54 Å². The highest BCUT2D eigenvalue weighted by atomic mass is 127. The molecule has 0 spiro atoms. The van der Waals surface area contributed by atoms with Crippen molar-refractivity contribution < 1.29 is 5.11 Å². The maximum atomic E-state index is 9.59. The van der Waals surface area contributed by atoms with Gasteiger partial charge in [-0.1, -0.05) is 30.3 Å². The van der Waals surface area contributed by atoms with Gasteiger partial charge in [-0.2, -0.15) is 0 Å². The topological polar surface area (TPSA) is 56.7 Å². The quantitative estimate of drug-likeness (QED) is 0.271. The van der Waals surface area contributed by atoms with Gasteiger partial charge in [0.1, 0.15) is 0 Å². The van der Waals surface area contributed by atoms with Crippen molar-refractivity contribution in [2.75, 3.05) is 26.7 Å². The molecule has 0 fully saturated rings. The average molecular weight is 571 g/mol. The molecule has 4 nitrogen and oxygen atoms in total. The number of aliphatic hydroxyl groups is 1. The van der Waals surface area contributed by atoms with Crippen molar-refractivity contribution in [2.45, 2.75) is 12.3 Å². The molecule has 1 heterocycles. The van der Waals surface area contributed by atoms with Crippen molar-refractivity contribution >= 4 is 63.9 Å². The molecular formula is C17H23I2N3OS. The Morgan fingerprint density at radius 3 is 2.54 bits per heavy atom. The van der Waals surface area contributed by atoms with Gasteiger partial charge in [-0.3, -0.25) is 4.99 Å². The van der Waals surface area contributed by atoms with Gasteiger partial charge in [0, 0.05) is 30.9 Å². The Kier molecular flexibility index (Phi) is 10.9. The van der Waals surface area contributed by atoms with Crippen LogP contribution in [0.4, 0.5) is 0 Å². The largest absolute Gasteiger partial charge is 0.396 e. The fourth-order valence-electron chi connectivity index (χ4n) is 2.24. The smallest absolute Gasteiger partial charge is 0.191 e. The molecule has 1 atom stereocenters. The highest BCUT2D eigenvalue weighted by Crippen LogP contribution is 2.18. The third-order valence-corrected chi connectivity index (χ3v) is 5.48. The molecule has 24 heavy (non-hydrogen) atoms.